The first kappa shape index (κ1) is 24.6. The van der Waals surface area contributed by atoms with E-state index in [-0.39, 0.29) is 0 Å². The van der Waals surface area contributed by atoms with Gasteiger partial charge in [0.05, 0.1) is 0 Å². The normalized spacial score (nSPS) is 13.0. The van der Waals surface area contributed by atoms with Gasteiger partial charge in [-0.25, -0.2) is 0 Å². The van der Waals surface area contributed by atoms with Crippen LogP contribution in [-0.4, -0.2) is 16.6 Å². The lowest BCUT2D eigenvalue weighted by Gasteiger charge is -2.35. The quantitative estimate of drug-likeness (QED) is 0.198. The molecule has 0 spiro atoms. The van der Waals surface area contributed by atoms with Crippen molar-refractivity contribution in [2.24, 2.45) is 0 Å². The largest absolute Gasteiger partial charge is 0.353 e. The Kier molecular flexibility index (Phi) is 14.1. The maximum Gasteiger partial charge on any atom is 0.299 e. The molecule has 0 unspecified atom stereocenters. The minimum Gasteiger partial charge on any atom is -0.353 e. The molecule has 24 heavy (non-hydrogen) atoms. The summed E-state index contributed by atoms with van der Waals surface area (Å²) in [7, 11) is -6.15. The molecule has 0 aliphatic carbocycles. The van der Waals surface area contributed by atoms with Crippen molar-refractivity contribution >= 4 is 24.9 Å². The van der Waals surface area contributed by atoms with Gasteiger partial charge in [-0.3, -0.25) is 4.57 Å². The van der Waals surface area contributed by atoms with Crippen LogP contribution in [-0.2, 0) is 13.0 Å². The van der Waals surface area contributed by atoms with Crippen LogP contribution in [0, 0.1) is 0 Å². The molecular formula is C18H43O3PSi2. The SMILES string of the molecule is CCC[Si](CCC)(CCC)O[PH](=O)O[Si](CCC)(CCC)CCC. The van der Waals surface area contributed by atoms with Crippen molar-refractivity contribution in [1.29, 1.82) is 0 Å². The zero-order chi connectivity index (χ0) is 18.5. The Bertz CT molecular complexity index is 276. The first-order chi connectivity index (χ1) is 11.5. The average Bonchev–Trinajstić information content (AvgIpc) is 2.48. The maximum absolute atomic E-state index is 12.9. The second-order valence-corrected chi connectivity index (χ2v) is 17.2. The van der Waals surface area contributed by atoms with Gasteiger partial charge in [0.2, 0.25) is 16.6 Å². The highest BCUT2D eigenvalue weighted by Gasteiger charge is 2.39. The standard InChI is InChI=1S/C18H43O3PSi2/c1-7-13-23(14-8-2,15-9-3)20-22(19)21-24(16-10-4,17-11-5)18-12-6/h22H,7-18H2,1-6H3. The molecule has 0 atom stereocenters. The highest BCUT2D eigenvalue weighted by molar-refractivity contribution is 7.38. The van der Waals surface area contributed by atoms with Gasteiger partial charge in [-0.15, -0.1) is 0 Å². The Morgan fingerprint density at radius 2 is 0.750 bits per heavy atom. The van der Waals surface area contributed by atoms with Crippen molar-refractivity contribution in [1.82, 2.24) is 0 Å². The third-order valence-corrected chi connectivity index (χ3v) is 18.1. The van der Waals surface area contributed by atoms with E-state index in [2.05, 4.69) is 41.5 Å². The molecule has 0 aromatic carbocycles. The Balaban J connectivity index is 5.16. The molecule has 0 saturated heterocycles. The van der Waals surface area contributed by atoms with E-state index >= 15 is 0 Å². The summed E-state index contributed by atoms with van der Waals surface area (Å²) >= 11 is 0. The highest BCUT2D eigenvalue weighted by atomic mass is 31.1. The zero-order valence-corrected chi connectivity index (χ0v) is 20.2. The molecule has 0 heterocycles. The van der Waals surface area contributed by atoms with Crippen LogP contribution in [0.4, 0.5) is 0 Å². The molecule has 0 fully saturated rings. The summed E-state index contributed by atoms with van der Waals surface area (Å²) in [5.41, 5.74) is 0. The molecule has 0 amide bonds. The summed E-state index contributed by atoms with van der Waals surface area (Å²) < 4.78 is 25.6. The van der Waals surface area contributed by atoms with Crippen LogP contribution in [0.3, 0.4) is 0 Å². The van der Waals surface area contributed by atoms with Crippen LogP contribution in [0.5, 0.6) is 0 Å². The molecule has 0 saturated carbocycles. The molecular weight excluding hydrogens is 351 g/mol. The lowest BCUT2D eigenvalue weighted by molar-refractivity contribution is 0.394. The minimum atomic E-state index is -2.36. The van der Waals surface area contributed by atoms with E-state index in [4.69, 9.17) is 8.43 Å². The van der Waals surface area contributed by atoms with Crippen LogP contribution in [0.25, 0.3) is 0 Å². The zero-order valence-electron chi connectivity index (χ0n) is 17.2. The number of hydrogen-bond acceptors (Lipinski definition) is 3. The van der Waals surface area contributed by atoms with Crippen LogP contribution in [0.1, 0.15) is 80.1 Å². The number of hydrogen-bond donors (Lipinski definition) is 0. The Morgan fingerprint density at radius 1 is 0.542 bits per heavy atom. The van der Waals surface area contributed by atoms with Gasteiger partial charge in [-0.1, -0.05) is 80.1 Å². The lowest BCUT2D eigenvalue weighted by Crippen LogP contribution is -2.39. The summed E-state index contributed by atoms with van der Waals surface area (Å²) in [6.07, 6.45) is 6.77. The van der Waals surface area contributed by atoms with Gasteiger partial charge in [-0.05, 0) is 36.3 Å². The third kappa shape index (κ3) is 8.80. The van der Waals surface area contributed by atoms with Crippen molar-refractivity contribution in [2.45, 2.75) is 116 Å². The molecule has 0 bridgehead atoms. The molecule has 0 radical (unpaired) electrons. The second-order valence-electron chi connectivity index (χ2n) is 7.32. The van der Waals surface area contributed by atoms with Crippen molar-refractivity contribution in [2.75, 3.05) is 0 Å². The summed E-state index contributed by atoms with van der Waals surface area (Å²) in [6.45, 7) is 13.3. The molecule has 3 nitrogen and oxygen atoms in total. The van der Waals surface area contributed by atoms with Crippen LogP contribution >= 0.6 is 8.25 Å². The van der Waals surface area contributed by atoms with Gasteiger partial charge in [0.1, 0.15) is 0 Å². The first-order valence-corrected chi connectivity index (χ1v) is 16.7. The third-order valence-electron chi connectivity index (χ3n) is 4.83. The van der Waals surface area contributed by atoms with Gasteiger partial charge >= 0.3 is 0 Å². The fraction of sp³-hybridized carbons (Fsp3) is 1.00. The van der Waals surface area contributed by atoms with Gasteiger partial charge in [0.15, 0.2) is 0 Å². The van der Waals surface area contributed by atoms with Crippen molar-refractivity contribution in [3.05, 3.63) is 0 Å². The fourth-order valence-electron chi connectivity index (χ4n) is 4.16. The highest BCUT2D eigenvalue weighted by Crippen LogP contribution is 2.43. The van der Waals surface area contributed by atoms with E-state index < -0.39 is 24.9 Å². The molecule has 0 N–H and O–H groups in total. The molecule has 0 aliphatic heterocycles. The average molecular weight is 395 g/mol. The molecule has 0 aromatic rings. The van der Waals surface area contributed by atoms with Gasteiger partial charge in [0.25, 0.3) is 8.25 Å². The second kappa shape index (κ2) is 13.7. The summed E-state index contributed by atoms with van der Waals surface area (Å²) in [4.78, 5) is 0. The topological polar surface area (TPSA) is 35.5 Å². The Hall–Kier alpha value is 0.584. The minimum absolute atomic E-state index is 1.12. The summed E-state index contributed by atoms with van der Waals surface area (Å²) in [5, 5.41) is 0. The van der Waals surface area contributed by atoms with Gasteiger partial charge in [-0.2, -0.15) is 0 Å². The monoisotopic (exact) mass is 394 g/mol. The Morgan fingerprint density at radius 3 is 0.917 bits per heavy atom. The van der Waals surface area contributed by atoms with E-state index in [1.165, 1.54) is 0 Å². The Labute approximate surface area is 154 Å². The van der Waals surface area contributed by atoms with Crippen molar-refractivity contribution in [3.8, 4) is 0 Å². The molecule has 0 rings (SSSR count). The van der Waals surface area contributed by atoms with E-state index in [9.17, 15) is 4.57 Å². The molecule has 6 heteroatoms. The van der Waals surface area contributed by atoms with E-state index in [0.29, 0.717) is 0 Å². The first-order valence-electron chi connectivity index (χ1n) is 10.4. The predicted octanol–water partition coefficient (Wildman–Crippen LogP) is 7.76. The molecule has 0 aliphatic rings. The van der Waals surface area contributed by atoms with Gasteiger partial charge < -0.3 is 8.43 Å². The smallest absolute Gasteiger partial charge is 0.299 e. The fourth-order valence-corrected chi connectivity index (χ4v) is 17.0. The molecule has 0 aromatic heterocycles. The lowest BCUT2D eigenvalue weighted by atomic mass is 10.6. The van der Waals surface area contributed by atoms with Crippen LogP contribution in [0.15, 0.2) is 0 Å². The van der Waals surface area contributed by atoms with E-state index in [1.807, 2.05) is 0 Å². The predicted molar refractivity (Wildman–Crippen MR) is 113 cm³/mol. The van der Waals surface area contributed by atoms with E-state index in [0.717, 1.165) is 74.8 Å². The van der Waals surface area contributed by atoms with Gasteiger partial charge in [0, 0.05) is 0 Å². The van der Waals surface area contributed by atoms with E-state index in [1.54, 1.807) is 0 Å². The molecule has 146 valence electrons. The van der Waals surface area contributed by atoms with Crippen LogP contribution in [0.2, 0.25) is 36.3 Å². The van der Waals surface area contributed by atoms with Crippen molar-refractivity contribution in [3.63, 3.8) is 0 Å². The van der Waals surface area contributed by atoms with Crippen molar-refractivity contribution < 1.29 is 13.0 Å². The summed E-state index contributed by atoms with van der Waals surface area (Å²) in [5.74, 6) is 0. The summed E-state index contributed by atoms with van der Waals surface area (Å²) in [6, 6.07) is 6.74. The number of rotatable bonds is 16. The maximum atomic E-state index is 12.9. The van der Waals surface area contributed by atoms with Crippen LogP contribution < -0.4 is 0 Å².